The van der Waals surface area contributed by atoms with E-state index < -0.39 is 17.2 Å². The number of hydrogen-bond donors (Lipinski definition) is 4. The van der Waals surface area contributed by atoms with Crippen LogP contribution in [0.2, 0.25) is 0 Å². The maximum atomic E-state index is 9.51. The van der Waals surface area contributed by atoms with Crippen molar-refractivity contribution in [3.05, 3.63) is 57.6 Å². The lowest BCUT2D eigenvalue weighted by Crippen LogP contribution is -2.17. The van der Waals surface area contributed by atoms with Gasteiger partial charge in [0, 0.05) is 17.0 Å². The molecule has 0 unspecified atom stereocenters. The van der Waals surface area contributed by atoms with Gasteiger partial charge < -0.3 is 28.6 Å². The molecule has 0 saturated carbocycles. The first-order chi connectivity index (χ1) is 15.6. The van der Waals surface area contributed by atoms with E-state index in [4.69, 9.17) is 9.05 Å². The molecule has 0 radical (unpaired) electrons. The van der Waals surface area contributed by atoms with Crippen molar-refractivity contribution in [1.82, 2.24) is 0 Å². The number of aryl methyl sites for hydroxylation is 2. The van der Waals surface area contributed by atoms with Crippen LogP contribution in [0.5, 0.6) is 11.5 Å². The van der Waals surface area contributed by atoms with Crippen LogP contribution in [-0.2, 0) is 10.8 Å². The van der Waals surface area contributed by atoms with E-state index in [1.54, 1.807) is 0 Å². The minimum atomic E-state index is -2.51. The maximum Gasteiger partial charge on any atom is 0.391 e. The number of benzene rings is 2. The monoisotopic (exact) mass is 510 g/mol. The molecule has 0 fully saturated rings. The minimum Gasteiger partial charge on any atom is -0.427 e. The van der Waals surface area contributed by atoms with Gasteiger partial charge in [-0.25, -0.2) is 0 Å². The maximum absolute atomic E-state index is 9.51. The second-order valence-electron chi connectivity index (χ2n) is 10.9. The van der Waals surface area contributed by atoms with Gasteiger partial charge in [-0.3, -0.25) is 0 Å². The summed E-state index contributed by atoms with van der Waals surface area (Å²) >= 11 is 0. The van der Waals surface area contributed by atoms with Crippen LogP contribution in [0.4, 0.5) is 0 Å². The topological polar surface area (TPSA) is 99.4 Å². The Morgan fingerprint density at radius 3 is 1.32 bits per heavy atom. The molecule has 34 heavy (non-hydrogen) atoms. The van der Waals surface area contributed by atoms with Gasteiger partial charge in [0.2, 0.25) is 0 Å². The molecular weight excluding hydrogens is 470 g/mol. The van der Waals surface area contributed by atoms with Crippen LogP contribution in [0.15, 0.2) is 24.3 Å². The summed E-state index contributed by atoms with van der Waals surface area (Å²) in [5.74, 6) is 1.09. The minimum absolute atomic E-state index is 0.102. The third-order valence-electron chi connectivity index (χ3n) is 6.04. The molecule has 6 nitrogen and oxygen atoms in total. The fourth-order valence-corrected chi connectivity index (χ4v) is 5.07. The van der Waals surface area contributed by atoms with E-state index >= 15 is 0 Å². The predicted molar refractivity (Wildman–Crippen MR) is 140 cm³/mol. The molecule has 0 saturated heterocycles. The Labute approximate surface area is 207 Å². The summed E-state index contributed by atoms with van der Waals surface area (Å²) < 4.78 is 10.8. The smallest absolute Gasteiger partial charge is 0.391 e. The third-order valence-corrected chi connectivity index (χ3v) is 6.76. The molecule has 0 aliphatic heterocycles. The molecule has 0 amide bonds. The van der Waals surface area contributed by atoms with Crippen molar-refractivity contribution < 1.29 is 28.6 Å². The lowest BCUT2D eigenvalue weighted by atomic mass is 9.76. The van der Waals surface area contributed by atoms with Crippen molar-refractivity contribution in [2.24, 2.45) is 0 Å². The first kappa shape index (κ1) is 29.0. The molecule has 190 valence electrons. The van der Waals surface area contributed by atoms with Gasteiger partial charge in [-0.1, -0.05) is 67.0 Å². The molecule has 0 aliphatic carbocycles. The highest BCUT2D eigenvalue weighted by Crippen LogP contribution is 2.45. The van der Waals surface area contributed by atoms with Crippen molar-refractivity contribution in [2.75, 3.05) is 0 Å². The van der Waals surface area contributed by atoms with Gasteiger partial charge in [0.1, 0.15) is 11.5 Å². The fraction of sp³-hybridized carbons (Fsp3) is 0.538. The zero-order valence-corrected chi connectivity index (χ0v) is 23.6. The van der Waals surface area contributed by atoms with Crippen LogP contribution in [0, 0.1) is 13.8 Å². The van der Waals surface area contributed by atoms with Crippen molar-refractivity contribution in [2.45, 2.75) is 91.9 Å². The van der Waals surface area contributed by atoms with Crippen LogP contribution < -0.4 is 9.05 Å². The molecule has 2 aromatic carbocycles. The number of rotatable bonds is 8. The van der Waals surface area contributed by atoms with Gasteiger partial charge in [0.05, 0.1) is 0 Å². The molecule has 0 spiro atoms. The zero-order valence-electron chi connectivity index (χ0n) is 21.8. The summed E-state index contributed by atoms with van der Waals surface area (Å²) in [6, 6.07) is 8.10. The first-order valence-corrected chi connectivity index (χ1v) is 13.9. The summed E-state index contributed by atoms with van der Waals surface area (Å²) in [6.07, 6.45) is 1.90. The van der Waals surface area contributed by atoms with Crippen molar-refractivity contribution in [3.63, 3.8) is 0 Å². The Balaban J connectivity index is 2.78. The largest absolute Gasteiger partial charge is 0.427 e. The van der Waals surface area contributed by atoms with Crippen LogP contribution in [0.3, 0.4) is 0 Å². The van der Waals surface area contributed by atoms with Crippen LogP contribution in [0.1, 0.15) is 101 Å². The average molecular weight is 511 g/mol. The van der Waals surface area contributed by atoms with Gasteiger partial charge in [-0.15, -0.1) is 0 Å². The van der Waals surface area contributed by atoms with E-state index in [9.17, 15) is 19.6 Å². The Kier molecular flexibility index (Phi) is 9.55. The van der Waals surface area contributed by atoms with Gasteiger partial charge in [0.25, 0.3) is 0 Å². The summed E-state index contributed by atoms with van der Waals surface area (Å²) in [6.45, 7) is 18.7. The Bertz CT molecular complexity index is 913. The summed E-state index contributed by atoms with van der Waals surface area (Å²) in [5.41, 5.74) is 5.69. The summed E-state index contributed by atoms with van der Waals surface area (Å²) in [4.78, 5) is 38.0. The van der Waals surface area contributed by atoms with E-state index in [1.807, 2.05) is 26.0 Å². The molecule has 0 atom stereocenters. The normalized spacial score (nSPS) is 12.7. The Morgan fingerprint density at radius 2 is 1.06 bits per heavy atom. The van der Waals surface area contributed by atoms with Crippen LogP contribution in [-0.4, -0.2) is 19.6 Å². The SMILES string of the molecule is CCCC(c1cc(C(C)(C)C)c(OP(O)O)cc1C)c1cc(C(C)(C)C)c(OP(O)O)cc1C. The highest BCUT2D eigenvalue weighted by atomic mass is 31.2. The molecular formula is C26H40O6P2. The van der Waals surface area contributed by atoms with E-state index in [0.717, 1.165) is 35.1 Å². The zero-order chi connectivity index (χ0) is 26.0. The second-order valence-corrected chi connectivity index (χ2v) is 12.3. The molecule has 8 heteroatoms. The highest BCUT2D eigenvalue weighted by molar-refractivity contribution is 7.40. The van der Waals surface area contributed by atoms with E-state index in [0.29, 0.717) is 11.5 Å². The van der Waals surface area contributed by atoms with Gasteiger partial charge in [0.15, 0.2) is 0 Å². The molecule has 4 N–H and O–H groups in total. The Morgan fingerprint density at radius 1 is 0.706 bits per heavy atom. The standard InChI is InChI=1S/C26H40O6P2/c1-10-11-18(19-14-21(25(4,5)6)23(12-16(19)2)31-33(27)28)20-15-22(26(7,8)9)24(13-17(20)3)32-34(29)30/h12-15,18,27-30H,10-11H2,1-9H3. The van der Waals surface area contributed by atoms with Gasteiger partial charge in [-0.05, 0) is 65.5 Å². The highest BCUT2D eigenvalue weighted by Gasteiger charge is 2.28. The van der Waals surface area contributed by atoms with Gasteiger partial charge in [-0.2, -0.15) is 0 Å². The van der Waals surface area contributed by atoms with Crippen molar-refractivity contribution in [3.8, 4) is 11.5 Å². The first-order valence-electron chi connectivity index (χ1n) is 11.6. The van der Waals surface area contributed by atoms with Crippen LogP contribution >= 0.6 is 17.2 Å². The number of hydrogen-bond acceptors (Lipinski definition) is 6. The van der Waals surface area contributed by atoms with Crippen molar-refractivity contribution >= 4 is 17.2 Å². The third kappa shape index (κ3) is 7.13. The molecule has 2 rings (SSSR count). The van der Waals surface area contributed by atoms with E-state index in [-0.39, 0.29) is 16.7 Å². The molecule has 0 aliphatic rings. The van der Waals surface area contributed by atoms with Crippen molar-refractivity contribution in [1.29, 1.82) is 0 Å². The molecule has 0 bridgehead atoms. The summed E-state index contributed by atoms with van der Waals surface area (Å²) in [5, 5.41) is 0. The Hall–Kier alpha value is -1.26. The fourth-order valence-electron chi connectivity index (χ4n) is 4.41. The predicted octanol–water partition coefficient (Wildman–Crippen LogP) is 7.01. The second kappa shape index (κ2) is 11.2. The van der Waals surface area contributed by atoms with Gasteiger partial charge >= 0.3 is 17.2 Å². The average Bonchev–Trinajstić information content (AvgIpc) is 2.64. The molecule has 0 aromatic heterocycles. The van der Waals surface area contributed by atoms with E-state index in [1.165, 1.54) is 11.1 Å². The van der Waals surface area contributed by atoms with E-state index in [2.05, 4.69) is 60.6 Å². The molecule has 0 heterocycles. The summed E-state index contributed by atoms with van der Waals surface area (Å²) in [7, 11) is -5.03. The van der Waals surface area contributed by atoms with Crippen LogP contribution in [0.25, 0.3) is 0 Å². The molecule has 2 aromatic rings. The lowest BCUT2D eigenvalue weighted by molar-refractivity contribution is 0.368. The quantitative estimate of drug-likeness (QED) is 0.285. The lowest BCUT2D eigenvalue weighted by Gasteiger charge is -2.30.